The molecule has 106 valence electrons. The second-order valence-electron chi connectivity index (χ2n) is 4.66. The summed E-state index contributed by atoms with van der Waals surface area (Å²) in [6.07, 6.45) is 1.67. The van der Waals surface area contributed by atoms with Crippen LogP contribution in [0.25, 0.3) is 0 Å². The summed E-state index contributed by atoms with van der Waals surface area (Å²) in [5.74, 6) is -1.61. The van der Waals surface area contributed by atoms with Crippen LogP contribution in [0, 0.1) is 5.82 Å². The minimum Gasteiger partial charge on any atom is -0.481 e. The van der Waals surface area contributed by atoms with Gasteiger partial charge in [-0.3, -0.25) is 9.48 Å². The Labute approximate surface area is 115 Å². The maximum atomic E-state index is 13.4. The predicted molar refractivity (Wildman–Crippen MR) is 69.5 cm³/mol. The van der Waals surface area contributed by atoms with Crippen molar-refractivity contribution in [2.24, 2.45) is 12.8 Å². The van der Waals surface area contributed by atoms with Crippen molar-refractivity contribution in [3.05, 3.63) is 47.5 Å². The first-order valence-electron chi connectivity index (χ1n) is 6.02. The van der Waals surface area contributed by atoms with E-state index >= 15 is 0 Å². The number of nitrogens with zero attached hydrogens (tertiary/aromatic N) is 3. The molecule has 1 aromatic carbocycles. The van der Waals surface area contributed by atoms with Gasteiger partial charge in [-0.1, -0.05) is 17.3 Å². The summed E-state index contributed by atoms with van der Waals surface area (Å²) in [6.45, 7) is -0.164. The number of aromatic nitrogens is 3. The molecule has 0 saturated carbocycles. The predicted octanol–water partition coefficient (Wildman–Crippen LogP) is 0.478. The lowest BCUT2D eigenvalue weighted by Gasteiger charge is -2.27. The van der Waals surface area contributed by atoms with Crippen LogP contribution in [0.5, 0.6) is 0 Å². The average molecular weight is 278 g/mol. The fraction of sp³-hybridized carbons (Fsp3) is 0.308. The van der Waals surface area contributed by atoms with E-state index in [0.29, 0.717) is 11.3 Å². The average Bonchev–Trinajstić information content (AvgIpc) is 2.81. The number of carboxylic acid groups (broad SMARTS) is 1. The summed E-state index contributed by atoms with van der Waals surface area (Å²) in [6, 6.07) is 5.47. The number of benzene rings is 1. The lowest BCUT2D eigenvalue weighted by Crippen LogP contribution is -2.45. The van der Waals surface area contributed by atoms with Crippen molar-refractivity contribution in [1.29, 1.82) is 0 Å². The van der Waals surface area contributed by atoms with E-state index in [9.17, 15) is 14.3 Å². The van der Waals surface area contributed by atoms with E-state index < -0.39 is 17.2 Å². The van der Waals surface area contributed by atoms with Crippen LogP contribution in [0.3, 0.4) is 0 Å². The van der Waals surface area contributed by atoms with Crippen LogP contribution in [0.1, 0.15) is 11.3 Å². The number of hydrogen-bond acceptors (Lipinski definition) is 4. The molecule has 1 aromatic heterocycles. The maximum absolute atomic E-state index is 13.4. The van der Waals surface area contributed by atoms with E-state index in [1.807, 2.05) is 0 Å². The number of aliphatic carboxylic acids is 1. The lowest BCUT2D eigenvalue weighted by atomic mass is 9.76. The number of carboxylic acids is 1. The molecule has 0 aliphatic rings. The first-order valence-corrected chi connectivity index (χ1v) is 6.02. The number of halogens is 1. The zero-order chi connectivity index (χ0) is 14.8. The summed E-state index contributed by atoms with van der Waals surface area (Å²) in [5.41, 5.74) is 5.08. The summed E-state index contributed by atoms with van der Waals surface area (Å²) in [7, 11) is 1.68. The molecule has 0 radical (unpaired) electrons. The molecule has 0 bridgehead atoms. The van der Waals surface area contributed by atoms with Gasteiger partial charge in [0.15, 0.2) is 0 Å². The van der Waals surface area contributed by atoms with Gasteiger partial charge < -0.3 is 10.8 Å². The van der Waals surface area contributed by atoms with Gasteiger partial charge in [-0.25, -0.2) is 4.39 Å². The molecule has 1 unspecified atom stereocenters. The Morgan fingerprint density at radius 2 is 2.30 bits per heavy atom. The van der Waals surface area contributed by atoms with E-state index in [1.54, 1.807) is 19.3 Å². The van der Waals surface area contributed by atoms with Gasteiger partial charge >= 0.3 is 5.97 Å². The molecule has 0 spiro atoms. The number of nitrogens with two attached hydrogens (primary N) is 1. The van der Waals surface area contributed by atoms with Gasteiger partial charge in [-0.05, 0) is 17.7 Å². The van der Waals surface area contributed by atoms with Crippen molar-refractivity contribution in [2.75, 3.05) is 6.54 Å². The third-order valence-electron chi connectivity index (χ3n) is 3.27. The van der Waals surface area contributed by atoms with Crippen molar-refractivity contribution in [2.45, 2.75) is 11.8 Å². The molecule has 2 rings (SSSR count). The van der Waals surface area contributed by atoms with Crippen molar-refractivity contribution in [3.8, 4) is 0 Å². The molecule has 0 fully saturated rings. The van der Waals surface area contributed by atoms with Gasteiger partial charge in [0.2, 0.25) is 0 Å². The Morgan fingerprint density at radius 1 is 1.55 bits per heavy atom. The van der Waals surface area contributed by atoms with Crippen LogP contribution >= 0.6 is 0 Å². The van der Waals surface area contributed by atoms with Gasteiger partial charge in [-0.2, -0.15) is 0 Å². The lowest BCUT2D eigenvalue weighted by molar-refractivity contribution is -0.143. The topological polar surface area (TPSA) is 94.0 Å². The minimum atomic E-state index is -1.42. The normalized spacial score (nSPS) is 13.9. The van der Waals surface area contributed by atoms with E-state index in [0.717, 1.165) is 0 Å². The van der Waals surface area contributed by atoms with Gasteiger partial charge in [0.25, 0.3) is 0 Å². The highest BCUT2D eigenvalue weighted by molar-refractivity contribution is 5.82. The fourth-order valence-corrected chi connectivity index (χ4v) is 2.15. The Kier molecular flexibility index (Phi) is 3.80. The third kappa shape index (κ3) is 2.53. The molecule has 7 heteroatoms. The summed E-state index contributed by atoms with van der Waals surface area (Å²) in [5, 5.41) is 17.2. The number of rotatable bonds is 5. The standard InChI is InChI=1S/C13H15FN4O2/c1-18-7-11(16-17-18)6-13(8-15,12(19)20)9-3-2-4-10(14)5-9/h2-5,7H,6,8,15H2,1H3,(H,19,20). The van der Waals surface area contributed by atoms with Crippen molar-refractivity contribution < 1.29 is 14.3 Å². The molecule has 0 aliphatic heterocycles. The molecule has 2 aromatic rings. The van der Waals surface area contributed by atoms with Crippen molar-refractivity contribution in [1.82, 2.24) is 15.0 Å². The zero-order valence-electron chi connectivity index (χ0n) is 11.0. The smallest absolute Gasteiger partial charge is 0.315 e. The highest BCUT2D eigenvalue weighted by atomic mass is 19.1. The second kappa shape index (κ2) is 5.38. The Bertz CT molecular complexity index is 628. The van der Waals surface area contributed by atoms with Gasteiger partial charge in [0.05, 0.1) is 5.69 Å². The summed E-state index contributed by atoms with van der Waals surface area (Å²) < 4.78 is 14.9. The van der Waals surface area contributed by atoms with Gasteiger partial charge in [0, 0.05) is 26.2 Å². The van der Waals surface area contributed by atoms with E-state index in [4.69, 9.17) is 5.73 Å². The van der Waals surface area contributed by atoms with Crippen LogP contribution in [-0.2, 0) is 23.7 Å². The van der Waals surface area contributed by atoms with Gasteiger partial charge in [0.1, 0.15) is 11.2 Å². The molecular weight excluding hydrogens is 263 g/mol. The number of carbonyl (C=O) groups is 1. The van der Waals surface area contributed by atoms with Crippen LogP contribution in [0.15, 0.2) is 30.5 Å². The third-order valence-corrected chi connectivity index (χ3v) is 3.27. The Hall–Kier alpha value is -2.28. The first kappa shape index (κ1) is 14.1. The van der Waals surface area contributed by atoms with Crippen LogP contribution in [0.4, 0.5) is 4.39 Å². The van der Waals surface area contributed by atoms with Crippen LogP contribution < -0.4 is 5.73 Å². The maximum Gasteiger partial charge on any atom is 0.315 e. The fourth-order valence-electron chi connectivity index (χ4n) is 2.15. The molecular formula is C13H15FN4O2. The number of hydrogen-bond donors (Lipinski definition) is 2. The highest BCUT2D eigenvalue weighted by Gasteiger charge is 2.40. The van der Waals surface area contributed by atoms with Gasteiger partial charge in [-0.15, -0.1) is 5.10 Å². The molecule has 0 saturated heterocycles. The van der Waals surface area contributed by atoms with E-state index in [1.165, 1.54) is 22.9 Å². The molecule has 1 heterocycles. The molecule has 1 atom stereocenters. The molecule has 3 N–H and O–H groups in total. The quantitative estimate of drug-likeness (QED) is 0.829. The summed E-state index contributed by atoms with van der Waals surface area (Å²) >= 11 is 0. The second-order valence-corrected chi connectivity index (χ2v) is 4.66. The van der Waals surface area contributed by atoms with Crippen LogP contribution in [0.2, 0.25) is 0 Å². The zero-order valence-corrected chi connectivity index (χ0v) is 11.0. The minimum absolute atomic E-state index is 0.0517. The SMILES string of the molecule is Cn1cc(CC(CN)(C(=O)O)c2cccc(F)c2)nn1. The van der Waals surface area contributed by atoms with Crippen molar-refractivity contribution >= 4 is 5.97 Å². The monoisotopic (exact) mass is 278 g/mol. The molecule has 0 amide bonds. The van der Waals surface area contributed by atoms with Crippen molar-refractivity contribution in [3.63, 3.8) is 0 Å². The Morgan fingerprint density at radius 3 is 2.80 bits per heavy atom. The van der Waals surface area contributed by atoms with E-state index in [2.05, 4.69) is 10.3 Å². The summed E-state index contributed by atoms with van der Waals surface area (Å²) in [4.78, 5) is 11.7. The van der Waals surface area contributed by atoms with Crippen LogP contribution in [-0.4, -0.2) is 32.6 Å². The highest BCUT2D eigenvalue weighted by Crippen LogP contribution is 2.28. The largest absolute Gasteiger partial charge is 0.481 e. The first-order chi connectivity index (χ1) is 9.48. The molecule has 20 heavy (non-hydrogen) atoms. The Balaban J connectivity index is 2.47. The molecule has 0 aliphatic carbocycles. The molecule has 6 nitrogen and oxygen atoms in total. The van der Waals surface area contributed by atoms with E-state index in [-0.39, 0.29) is 13.0 Å². The number of aryl methyl sites for hydroxylation is 1.